The van der Waals surface area contributed by atoms with E-state index in [2.05, 4.69) is 10.6 Å². The molecule has 132 valence electrons. The van der Waals surface area contributed by atoms with Crippen LogP contribution in [0.5, 0.6) is 11.5 Å². The van der Waals surface area contributed by atoms with E-state index in [9.17, 15) is 4.79 Å². The van der Waals surface area contributed by atoms with Crippen molar-refractivity contribution in [3.63, 3.8) is 0 Å². The van der Waals surface area contributed by atoms with Crippen molar-refractivity contribution in [2.24, 2.45) is 0 Å². The first-order chi connectivity index (χ1) is 11.9. The van der Waals surface area contributed by atoms with Gasteiger partial charge in [0.2, 0.25) is 5.91 Å². The Labute approximate surface area is 152 Å². The Morgan fingerprint density at radius 3 is 2.28 bits per heavy atom. The number of amides is 1. The second-order valence-electron chi connectivity index (χ2n) is 5.27. The highest BCUT2D eigenvalue weighted by molar-refractivity contribution is 7.80. The maximum Gasteiger partial charge on any atom is 0.223 e. The van der Waals surface area contributed by atoms with Crippen LogP contribution in [0.4, 0.5) is 17.1 Å². The molecule has 1 amide bonds. The normalized spacial score (nSPS) is 9.92. The van der Waals surface area contributed by atoms with Gasteiger partial charge in [-0.1, -0.05) is 0 Å². The SMILES string of the molecule is COc1ccc(OC)c(NC(=S)Nc2ccc(N(C)C(C)=O)cc2)c1. The van der Waals surface area contributed by atoms with Crippen LogP contribution >= 0.6 is 12.2 Å². The summed E-state index contributed by atoms with van der Waals surface area (Å²) in [4.78, 5) is 13.0. The highest BCUT2D eigenvalue weighted by Gasteiger charge is 2.08. The molecule has 0 aromatic heterocycles. The third kappa shape index (κ3) is 4.84. The smallest absolute Gasteiger partial charge is 0.223 e. The van der Waals surface area contributed by atoms with Gasteiger partial charge in [-0.25, -0.2) is 0 Å². The second-order valence-corrected chi connectivity index (χ2v) is 5.68. The number of benzene rings is 2. The number of methoxy groups -OCH3 is 2. The fourth-order valence-corrected chi connectivity index (χ4v) is 2.37. The number of nitrogens with one attached hydrogen (secondary N) is 2. The summed E-state index contributed by atoms with van der Waals surface area (Å²) in [5.74, 6) is 1.33. The average Bonchev–Trinajstić information content (AvgIpc) is 2.61. The van der Waals surface area contributed by atoms with Gasteiger partial charge >= 0.3 is 0 Å². The number of ether oxygens (including phenoxy) is 2. The maximum atomic E-state index is 11.4. The molecule has 25 heavy (non-hydrogen) atoms. The summed E-state index contributed by atoms with van der Waals surface area (Å²) in [6, 6.07) is 12.8. The van der Waals surface area contributed by atoms with E-state index >= 15 is 0 Å². The lowest BCUT2D eigenvalue weighted by molar-refractivity contribution is -0.116. The number of hydrogen-bond donors (Lipinski definition) is 2. The predicted molar refractivity (Wildman–Crippen MR) is 105 cm³/mol. The largest absolute Gasteiger partial charge is 0.497 e. The van der Waals surface area contributed by atoms with Crippen LogP contribution in [-0.2, 0) is 4.79 Å². The van der Waals surface area contributed by atoms with Crippen molar-refractivity contribution in [1.82, 2.24) is 0 Å². The molecule has 2 N–H and O–H groups in total. The third-order valence-electron chi connectivity index (χ3n) is 3.64. The molecule has 7 heteroatoms. The van der Waals surface area contributed by atoms with E-state index in [1.54, 1.807) is 38.3 Å². The topological polar surface area (TPSA) is 62.8 Å². The lowest BCUT2D eigenvalue weighted by atomic mass is 10.2. The van der Waals surface area contributed by atoms with Crippen LogP contribution in [0.2, 0.25) is 0 Å². The van der Waals surface area contributed by atoms with Crippen molar-refractivity contribution in [2.45, 2.75) is 6.92 Å². The minimum atomic E-state index is -0.0250. The molecule has 0 aliphatic carbocycles. The van der Waals surface area contributed by atoms with Crippen LogP contribution in [-0.4, -0.2) is 32.3 Å². The van der Waals surface area contributed by atoms with Gasteiger partial charge in [0, 0.05) is 31.4 Å². The van der Waals surface area contributed by atoms with Gasteiger partial charge in [0.1, 0.15) is 11.5 Å². The molecule has 0 bridgehead atoms. The van der Waals surface area contributed by atoms with Gasteiger partial charge in [0.05, 0.1) is 19.9 Å². The number of rotatable bonds is 5. The Hall–Kier alpha value is -2.80. The monoisotopic (exact) mass is 359 g/mol. The van der Waals surface area contributed by atoms with Gasteiger partial charge in [0.25, 0.3) is 0 Å². The summed E-state index contributed by atoms with van der Waals surface area (Å²) in [6.07, 6.45) is 0. The highest BCUT2D eigenvalue weighted by atomic mass is 32.1. The molecule has 0 aliphatic heterocycles. The van der Waals surface area contributed by atoms with Crippen LogP contribution < -0.4 is 25.0 Å². The molecule has 0 fully saturated rings. The van der Waals surface area contributed by atoms with Gasteiger partial charge in [-0.2, -0.15) is 0 Å². The minimum absolute atomic E-state index is 0.0250. The molecule has 0 aliphatic rings. The summed E-state index contributed by atoms with van der Waals surface area (Å²) >= 11 is 5.35. The zero-order valence-corrected chi connectivity index (χ0v) is 15.4. The average molecular weight is 359 g/mol. The van der Waals surface area contributed by atoms with Crippen LogP contribution in [0.25, 0.3) is 0 Å². The number of hydrogen-bond acceptors (Lipinski definition) is 4. The molecule has 0 atom stereocenters. The van der Waals surface area contributed by atoms with Crippen molar-refractivity contribution in [2.75, 3.05) is 36.8 Å². The first-order valence-electron chi connectivity index (χ1n) is 7.59. The van der Waals surface area contributed by atoms with E-state index < -0.39 is 0 Å². The molecular weight excluding hydrogens is 338 g/mol. The second kappa shape index (κ2) is 8.34. The standard InChI is InChI=1S/C18H21N3O3S/c1-12(22)21(2)14-7-5-13(6-8-14)19-18(25)20-16-11-15(23-3)9-10-17(16)24-4/h5-11H,1-4H3,(H2,19,20,25). The fraction of sp³-hybridized carbons (Fsp3) is 0.222. The van der Waals surface area contributed by atoms with Crippen molar-refractivity contribution in [3.05, 3.63) is 42.5 Å². The summed E-state index contributed by atoms with van der Waals surface area (Å²) in [6.45, 7) is 1.52. The van der Waals surface area contributed by atoms with Crippen LogP contribution in [0.1, 0.15) is 6.92 Å². The molecular formula is C18H21N3O3S. The third-order valence-corrected chi connectivity index (χ3v) is 3.84. The van der Waals surface area contributed by atoms with E-state index in [0.29, 0.717) is 22.3 Å². The first-order valence-corrected chi connectivity index (χ1v) is 8.00. The fourth-order valence-electron chi connectivity index (χ4n) is 2.15. The van der Waals surface area contributed by atoms with E-state index in [-0.39, 0.29) is 5.91 Å². The molecule has 0 saturated carbocycles. The molecule has 2 rings (SSSR count). The van der Waals surface area contributed by atoms with Crippen molar-refractivity contribution in [1.29, 1.82) is 0 Å². The quantitative estimate of drug-likeness (QED) is 0.797. The van der Waals surface area contributed by atoms with Gasteiger partial charge in [-0.05, 0) is 48.6 Å². The Morgan fingerprint density at radius 2 is 1.72 bits per heavy atom. The van der Waals surface area contributed by atoms with Crippen molar-refractivity contribution < 1.29 is 14.3 Å². The number of nitrogens with zero attached hydrogens (tertiary/aromatic N) is 1. The highest BCUT2D eigenvalue weighted by Crippen LogP contribution is 2.29. The van der Waals surface area contributed by atoms with Crippen molar-refractivity contribution >= 4 is 40.3 Å². The summed E-state index contributed by atoms with van der Waals surface area (Å²) < 4.78 is 10.5. The molecule has 0 spiro atoms. The van der Waals surface area contributed by atoms with Crippen molar-refractivity contribution in [3.8, 4) is 11.5 Å². The molecule has 2 aromatic rings. The summed E-state index contributed by atoms with van der Waals surface area (Å²) in [5, 5.41) is 6.60. The lowest BCUT2D eigenvalue weighted by Crippen LogP contribution is -2.23. The van der Waals surface area contributed by atoms with Gasteiger partial charge in [-0.3, -0.25) is 4.79 Å². The predicted octanol–water partition coefficient (Wildman–Crippen LogP) is 3.50. The number of carbonyl (C=O) groups is 1. The molecule has 0 saturated heterocycles. The molecule has 6 nitrogen and oxygen atoms in total. The Balaban J connectivity index is 2.06. The van der Waals surface area contributed by atoms with Crippen LogP contribution in [0, 0.1) is 0 Å². The van der Waals surface area contributed by atoms with E-state index in [0.717, 1.165) is 11.4 Å². The van der Waals surface area contributed by atoms with E-state index in [4.69, 9.17) is 21.7 Å². The maximum absolute atomic E-state index is 11.4. The van der Waals surface area contributed by atoms with E-state index in [1.807, 2.05) is 30.3 Å². The molecule has 0 unspecified atom stereocenters. The summed E-state index contributed by atoms with van der Waals surface area (Å²) in [7, 11) is 4.92. The molecule has 2 aromatic carbocycles. The van der Waals surface area contributed by atoms with Crippen LogP contribution in [0.15, 0.2) is 42.5 Å². The van der Waals surface area contributed by atoms with Gasteiger partial charge in [0.15, 0.2) is 5.11 Å². The Kier molecular flexibility index (Phi) is 6.19. The van der Waals surface area contributed by atoms with Crippen LogP contribution in [0.3, 0.4) is 0 Å². The Bertz CT molecular complexity index is 763. The minimum Gasteiger partial charge on any atom is -0.497 e. The number of carbonyl (C=O) groups excluding carboxylic acids is 1. The van der Waals surface area contributed by atoms with Gasteiger partial charge < -0.3 is 25.0 Å². The number of anilines is 3. The zero-order chi connectivity index (χ0) is 18.4. The lowest BCUT2D eigenvalue weighted by Gasteiger charge is -2.17. The Morgan fingerprint density at radius 1 is 1.04 bits per heavy atom. The summed E-state index contributed by atoms with van der Waals surface area (Å²) in [5.41, 5.74) is 2.32. The molecule has 0 heterocycles. The molecule has 0 radical (unpaired) electrons. The zero-order valence-electron chi connectivity index (χ0n) is 14.6. The van der Waals surface area contributed by atoms with Gasteiger partial charge in [-0.15, -0.1) is 0 Å². The first kappa shape index (κ1) is 18.5. The number of thiocarbonyl (C=S) groups is 1. The van der Waals surface area contributed by atoms with E-state index in [1.165, 1.54) is 6.92 Å².